The second kappa shape index (κ2) is 6.51. The average molecular weight is 335 g/mol. The van der Waals surface area contributed by atoms with Crippen LogP contribution in [0.15, 0.2) is 43.0 Å². The maximum absolute atomic E-state index is 4.64. The zero-order valence-corrected chi connectivity index (χ0v) is 14.5. The molecule has 1 aromatic carbocycles. The smallest absolute Gasteiger partial charge is 0.227 e. The molecular weight excluding hydrogens is 314 g/mol. The van der Waals surface area contributed by atoms with E-state index in [1.807, 2.05) is 37.5 Å². The fourth-order valence-corrected chi connectivity index (χ4v) is 3.07. The first kappa shape index (κ1) is 15.6. The number of aromatic nitrogens is 4. The van der Waals surface area contributed by atoms with E-state index in [-0.39, 0.29) is 0 Å². The molecule has 0 saturated carbocycles. The first-order valence-corrected chi connectivity index (χ1v) is 8.41. The fraction of sp³-hybridized carbons (Fsp3) is 0.333. The van der Waals surface area contributed by atoms with Crippen LogP contribution in [0.25, 0.3) is 10.9 Å². The third-order valence-electron chi connectivity index (χ3n) is 4.50. The second-order valence-electron chi connectivity index (χ2n) is 6.35. The van der Waals surface area contributed by atoms with Crippen LogP contribution in [-0.4, -0.2) is 60.2 Å². The molecule has 0 radical (unpaired) electrons. The van der Waals surface area contributed by atoms with Crippen LogP contribution in [0.1, 0.15) is 0 Å². The molecule has 0 atom stereocenters. The van der Waals surface area contributed by atoms with Crippen LogP contribution in [0.3, 0.4) is 0 Å². The molecule has 1 saturated heterocycles. The van der Waals surface area contributed by atoms with E-state index < -0.39 is 0 Å². The van der Waals surface area contributed by atoms with Crippen molar-refractivity contribution >= 4 is 28.4 Å². The number of fused-ring (bicyclic) bond motifs is 1. The maximum atomic E-state index is 4.64. The van der Waals surface area contributed by atoms with E-state index in [0.717, 1.165) is 48.8 Å². The number of rotatable bonds is 3. The van der Waals surface area contributed by atoms with Gasteiger partial charge in [0.15, 0.2) is 0 Å². The highest BCUT2D eigenvalue weighted by Gasteiger charge is 2.20. The highest BCUT2D eigenvalue weighted by molar-refractivity contribution is 5.81. The topological polar surface area (TPSA) is 61.3 Å². The molecule has 0 aliphatic carbocycles. The molecule has 3 aromatic rings. The third kappa shape index (κ3) is 3.17. The summed E-state index contributed by atoms with van der Waals surface area (Å²) in [5.74, 6) is 1.74. The second-order valence-corrected chi connectivity index (χ2v) is 6.35. The Labute approximate surface area is 147 Å². The molecule has 3 heterocycles. The zero-order chi connectivity index (χ0) is 17.2. The van der Waals surface area contributed by atoms with Gasteiger partial charge in [-0.3, -0.25) is 0 Å². The largest absolute Gasteiger partial charge is 0.368 e. The molecule has 7 heteroatoms. The number of anilines is 3. The SMILES string of the molecule is CN(C)c1ccnc(N2CCN(c3ccc4ncncc4c3)CC2)n1. The van der Waals surface area contributed by atoms with Crippen molar-refractivity contribution in [2.75, 3.05) is 55.0 Å². The summed E-state index contributed by atoms with van der Waals surface area (Å²) in [6.07, 6.45) is 5.28. The summed E-state index contributed by atoms with van der Waals surface area (Å²) in [6.45, 7) is 3.68. The molecule has 1 fully saturated rings. The summed E-state index contributed by atoms with van der Waals surface area (Å²) >= 11 is 0. The molecule has 0 N–H and O–H groups in total. The molecule has 0 amide bonds. The molecule has 4 rings (SSSR count). The van der Waals surface area contributed by atoms with Gasteiger partial charge in [0, 0.05) is 63.7 Å². The quantitative estimate of drug-likeness (QED) is 0.723. The summed E-state index contributed by atoms with van der Waals surface area (Å²) in [6, 6.07) is 8.28. The molecule has 0 spiro atoms. The van der Waals surface area contributed by atoms with Gasteiger partial charge in [-0.15, -0.1) is 0 Å². The molecule has 0 bridgehead atoms. The predicted molar refractivity (Wildman–Crippen MR) is 100 cm³/mol. The first-order valence-electron chi connectivity index (χ1n) is 8.41. The van der Waals surface area contributed by atoms with E-state index in [4.69, 9.17) is 0 Å². The Balaban J connectivity index is 1.48. The molecular formula is C18H21N7. The highest BCUT2D eigenvalue weighted by atomic mass is 15.3. The van der Waals surface area contributed by atoms with Gasteiger partial charge in [0.1, 0.15) is 12.1 Å². The summed E-state index contributed by atoms with van der Waals surface area (Å²) in [5.41, 5.74) is 2.19. The Morgan fingerprint density at radius 3 is 2.56 bits per heavy atom. The van der Waals surface area contributed by atoms with Crippen LogP contribution >= 0.6 is 0 Å². The van der Waals surface area contributed by atoms with Gasteiger partial charge >= 0.3 is 0 Å². The average Bonchev–Trinajstić information content (AvgIpc) is 2.68. The lowest BCUT2D eigenvalue weighted by molar-refractivity contribution is 0.640. The molecule has 25 heavy (non-hydrogen) atoms. The van der Waals surface area contributed by atoms with Crippen LogP contribution < -0.4 is 14.7 Å². The van der Waals surface area contributed by atoms with Crippen LogP contribution in [0.4, 0.5) is 17.5 Å². The highest BCUT2D eigenvalue weighted by Crippen LogP contribution is 2.22. The number of hydrogen-bond donors (Lipinski definition) is 0. The third-order valence-corrected chi connectivity index (χ3v) is 4.50. The Bertz CT molecular complexity index is 872. The van der Waals surface area contributed by atoms with Gasteiger partial charge in [0.2, 0.25) is 5.95 Å². The first-order chi connectivity index (χ1) is 12.2. The molecule has 128 valence electrons. The van der Waals surface area contributed by atoms with E-state index in [0.29, 0.717) is 0 Å². The summed E-state index contributed by atoms with van der Waals surface area (Å²) < 4.78 is 0. The van der Waals surface area contributed by atoms with Crippen molar-refractivity contribution < 1.29 is 0 Å². The van der Waals surface area contributed by atoms with Crippen molar-refractivity contribution in [2.45, 2.75) is 0 Å². The van der Waals surface area contributed by atoms with Crippen molar-refractivity contribution in [3.8, 4) is 0 Å². The minimum atomic E-state index is 0.803. The van der Waals surface area contributed by atoms with E-state index in [1.165, 1.54) is 5.69 Å². The van der Waals surface area contributed by atoms with E-state index in [9.17, 15) is 0 Å². The summed E-state index contributed by atoms with van der Waals surface area (Å²) in [5, 5.41) is 1.07. The van der Waals surface area contributed by atoms with Gasteiger partial charge in [-0.2, -0.15) is 4.98 Å². The lowest BCUT2D eigenvalue weighted by Gasteiger charge is -2.36. The van der Waals surface area contributed by atoms with Crippen LogP contribution in [-0.2, 0) is 0 Å². The van der Waals surface area contributed by atoms with Crippen molar-refractivity contribution in [3.05, 3.63) is 43.0 Å². The van der Waals surface area contributed by atoms with E-state index in [2.05, 4.69) is 47.9 Å². The Morgan fingerprint density at radius 1 is 0.960 bits per heavy atom. The predicted octanol–water partition coefficient (Wildman–Crippen LogP) is 1.81. The van der Waals surface area contributed by atoms with Crippen molar-refractivity contribution in [2.24, 2.45) is 0 Å². The molecule has 2 aromatic heterocycles. The standard InChI is InChI=1S/C18H21N7/c1-23(2)17-5-6-20-18(22-17)25-9-7-24(8-10-25)15-3-4-16-14(11-15)12-19-13-21-16/h3-6,11-13H,7-10H2,1-2H3. The Hall–Kier alpha value is -2.96. The lowest BCUT2D eigenvalue weighted by atomic mass is 10.2. The maximum Gasteiger partial charge on any atom is 0.227 e. The number of hydrogen-bond acceptors (Lipinski definition) is 7. The lowest BCUT2D eigenvalue weighted by Crippen LogP contribution is -2.47. The van der Waals surface area contributed by atoms with Crippen molar-refractivity contribution in [1.82, 2.24) is 19.9 Å². The van der Waals surface area contributed by atoms with Gasteiger partial charge in [0.05, 0.1) is 5.52 Å². The summed E-state index contributed by atoms with van der Waals surface area (Å²) in [4.78, 5) is 24.1. The van der Waals surface area contributed by atoms with Gasteiger partial charge in [-0.25, -0.2) is 15.0 Å². The van der Waals surface area contributed by atoms with Crippen molar-refractivity contribution in [1.29, 1.82) is 0 Å². The fourth-order valence-electron chi connectivity index (χ4n) is 3.07. The molecule has 1 aliphatic rings. The van der Waals surface area contributed by atoms with Crippen LogP contribution in [0.5, 0.6) is 0 Å². The monoisotopic (exact) mass is 335 g/mol. The molecule has 0 unspecified atom stereocenters. The number of nitrogens with zero attached hydrogens (tertiary/aromatic N) is 7. The Kier molecular flexibility index (Phi) is 4.05. The van der Waals surface area contributed by atoms with Gasteiger partial charge in [-0.05, 0) is 24.3 Å². The number of piperazine rings is 1. The van der Waals surface area contributed by atoms with E-state index >= 15 is 0 Å². The minimum absolute atomic E-state index is 0.803. The molecule has 7 nitrogen and oxygen atoms in total. The van der Waals surface area contributed by atoms with Gasteiger partial charge in [-0.1, -0.05) is 0 Å². The zero-order valence-electron chi connectivity index (χ0n) is 14.5. The normalized spacial score (nSPS) is 14.8. The van der Waals surface area contributed by atoms with Crippen molar-refractivity contribution in [3.63, 3.8) is 0 Å². The van der Waals surface area contributed by atoms with Gasteiger partial charge < -0.3 is 14.7 Å². The van der Waals surface area contributed by atoms with Crippen LogP contribution in [0, 0.1) is 0 Å². The Morgan fingerprint density at radius 2 is 1.76 bits per heavy atom. The van der Waals surface area contributed by atoms with Gasteiger partial charge in [0.25, 0.3) is 0 Å². The van der Waals surface area contributed by atoms with E-state index in [1.54, 1.807) is 6.33 Å². The number of benzene rings is 1. The molecule has 1 aliphatic heterocycles. The summed E-state index contributed by atoms with van der Waals surface area (Å²) in [7, 11) is 3.99. The minimum Gasteiger partial charge on any atom is -0.368 e. The van der Waals surface area contributed by atoms with Crippen LogP contribution in [0.2, 0.25) is 0 Å².